The van der Waals surface area contributed by atoms with Crippen LogP contribution in [0, 0.1) is 5.92 Å². The average molecular weight is 220 g/mol. The number of hydrogen-bond donors (Lipinski definition) is 0. The van der Waals surface area contributed by atoms with Crippen molar-refractivity contribution in [2.45, 2.75) is 60.3 Å². The molecule has 2 rings (SSSR count). The van der Waals surface area contributed by atoms with E-state index < -0.39 is 0 Å². The van der Waals surface area contributed by atoms with Crippen LogP contribution < -0.4 is 0 Å². The monoisotopic (exact) mass is 220 g/mol. The molecule has 0 spiro atoms. The molecule has 0 aliphatic heterocycles. The molecule has 1 aliphatic rings. The first-order chi connectivity index (χ1) is 7.79. The Morgan fingerprint density at radius 3 is 2.12 bits per heavy atom. The summed E-state index contributed by atoms with van der Waals surface area (Å²) in [5.41, 5.74) is 3.18. The summed E-state index contributed by atoms with van der Waals surface area (Å²) in [5, 5.41) is 0. The average Bonchev–Trinajstić information content (AvgIpc) is 2.78. The molecular weight excluding hydrogens is 192 g/mol. The van der Waals surface area contributed by atoms with Crippen LogP contribution in [0.15, 0.2) is 24.3 Å². The minimum absolute atomic E-state index is 0.800. The van der Waals surface area contributed by atoms with Gasteiger partial charge < -0.3 is 0 Å². The summed E-state index contributed by atoms with van der Waals surface area (Å²) in [5.74, 6) is 1.62. The van der Waals surface area contributed by atoms with Crippen LogP contribution in [0.5, 0.6) is 0 Å². The third kappa shape index (κ3) is 3.66. The fourth-order valence-electron chi connectivity index (χ4n) is 2.28. The summed E-state index contributed by atoms with van der Waals surface area (Å²) in [4.78, 5) is 0. The Balaban J connectivity index is 0.000000509. The molecule has 0 N–H and O–H groups in total. The number of hydrogen-bond acceptors (Lipinski definition) is 0. The van der Waals surface area contributed by atoms with Gasteiger partial charge in [0.2, 0.25) is 0 Å². The van der Waals surface area contributed by atoms with E-state index in [0.717, 1.165) is 11.8 Å². The highest BCUT2D eigenvalue weighted by atomic mass is 14.3. The van der Waals surface area contributed by atoms with Crippen molar-refractivity contribution in [1.29, 1.82) is 0 Å². The summed E-state index contributed by atoms with van der Waals surface area (Å²) in [6, 6.07) is 8.89. The van der Waals surface area contributed by atoms with Crippen LogP contribution in [0.3, 0.4) is 0 Å². The van der Waals surface area contributed by atoms with Crippen LogP contribution in [-0.2, 0) is 6.42 Å². The van der Waals surface area contributed by atoms with Gasteiger partial charge in [-0.1, -0.05) is 65.8 Å². The highest BCUT2D eigenvalue weighted by Crippen LogP contribution is 2.37. The second-order valence-corrected chi connectivity index (χ2v) is 4.09. The van der Waals surface area contributed by atoms with Crippen LogP contribution in [0.4, 0.5) is 0 Å². The number of benzene rings is 1. The van der Waals surface area contributed by atoms with Gasteiger partial charge in [0.25, 0.3) is 0 Å². The molecule has 16 heavy (non-hydrogen) atoms. The lowest BCUT2D eigenvalue weighted by Crippen LogP contribution is -2.01. The predicted molar refractivity (Wildman–Crippen MR) is 75.0 cm³/mol. The Morgan fingerprint density at radius 2 is 1.56 bits per heavy atom. The van der Waals surface area contributed by atoms with Gasteiger partial charge in [0.15, 0.2) is 0 Å². The van der Waals surface area contributed by atoms with E-state index in [1.54, 1.807) is 11.1 Å². The maximum Gasteiger partial charge on any atom is -0.0133 e. The van der Waals surface area contributed by atoms with E-state index in [9.17, 15) is 0 Å². The van der Waals surface area contributed by atoms with Crippen molar-refractivity contribution in [3.8, 4) is 0 Å². The zero-order valence-corrected chi connectivity index (χ0v) is 11.9. The molecule has 92 valence electrons. The van der Waals surface area contributed by atoms with E-state index in [2.05, 4.69) is 38.1 Å². The molecule has 1 aromatic carbocycles. The van der Waals surface area contributed by atoms with Gasteiger partial charge in [-0.25, -0.2) is 0 Å². The van der Waals surface area contributed by atoms with Crippen molar-refractivity contribution in [3.63, 3.8) is 0 Å². The van der Waals surface area contributed by atoms with E-state index in [4.69, 9.17) is 0 Å². The van der Waals surface area contributed by atoms with Crippen LogP contribution in [0.25, 0.3) is 0 Å². The van der Waals surface area contributed by atoms with Crippen molar-refractivity contribution in [3.05, 3.63) is 35.4 Å². The SMILES string of the molecule is CC.CC.CC(C)C1CCc2ccccc21. The smallest absolute Gasteiger partial charge is 0.0133 e. The first-order valence-corrected chi connectivity index (χ1v) is 6.87. The highest BCUT2D eigenvalue weighted by Gasteiger charge is 2.23. The van der Waals surface area contributed by atoms with Crippen molar-refractivity contribution < 1.29 is 0 Å². The molecule has 1 aromatic rings. The Morgan fingerprint density at radius 1 is 1.00 bits per heavy atom. The van der Waals surface area contributed by atoms with Gasteiger partial charge in [0, 0.05) is 0 Å². The van der Waals surface area contributed by atoms with Gasteiger partial charge in [0.05, 0.1) is 0 Å². The minimum Gasteiger partial charge on any atom is -0.0683 e. The lowest BCUT2D eigenvalue weighted by molar-refractivity contribution is 0.496. The Kier molecular flexibility index (Phi) is 7.97. The molecule has 0 aromatic heterocycles. The molecule has 0 heterocycles. The second kappa shape index (κ2) is 8.38. The molecule has 1 unspecified atom stereocenters. The zero-order chi connectivity index (χ0) is 12.6. The van der Waals surface area contributed by atoms with E-state index in [-0.39, 0.29) is 0 Å². The van der Waals surface area contributed by atoms with E-state index >= 15 is 0 Å². The normalized spacial score (nSPS) is 16.8. The van der Waals surface area contributed by atoms with E-state index in [1.807, 2.05) is 27.7 Å². The third-order valence-corrected chi connectivity index (χ3v) is 2.98. The molecule has 0 fully saturated rings. The molecular formula is C16H28. The first kappa shape index (κ1) is 15.2. The van der Waals surface area contributed by atoms with Crippen molar-refractivity contribution in [1.82, 2.24) is 0 Å². The van der Waals surface area contributed by atoms with Crippen molar-refractivity contribution >= 4 is 0 Å². The number of fused-ring (bicyclic) bond motifs is 1. The summed E-state index contributed by atoms with van der Waals surface area (Å²) < 4.78 is 0. The van der Waals surface area contributed by atoms with E-state index in [0.29, 0.717) is 0 Å². The molecule has 1 aliphatic carbocycles. The molecule has 0 bridgehead atoms. The van der Waals surface area contributed by atoms with Gasteiger partial charge >= 0.3 is 0 Å². The van der Waals surface area contributed by atoms with Crippen LogP contribution in [0.1, 0.15) is 65.0 Å². The largest absolute Gasteiger partial charge is 0.0683 e. The van der Waals surface area contributed by atoms with Crippen LogP contribution >= 0.6 is 0 Å². The predicted octanol–water partition coefficient (Wildman–Crippen LogP) is 5.42. The van der Waals surface area contributed by atoms with Gasteiger partial charge in [-0.15, -0.1) is 0 Å². The standard InChI is InChI=1S/C12H16.2C2H6/c1-9(2)11-8-7-10-5-3-4-6-12(10)11;2*1-2/h3-6,9,11H,7-8H2,1-2H3;2*1-2H3. The molecule has 0 saturated carbocycles. The number of rotatable bonds is 1. The molecule has 0 saturated heterocycles. The van der Waals surface area contributed by atoms with Crippen molar-refractivity contribution in [2.24, 2.45) is 5.92 Å². The highest BCUT2D eigenvalue weighted by molar-refractivity contribution is 5.34. The Hall–Kier alpha value is -0.780. The molecule has 0 radical (unpaired) electrons. The maximum absolute atomic E-state index is 2.33. The first-order valence-electron chi connectivity index (χ1n) is 6.87. The van der Waals surface area contributed by atoms with Gasteiger partial charge in [-0.2, -0.15) is 0 Å². The van der Waals surface area contributed by atoms with Crippen LogP contribution in [-0.4, -0.2) is 0 Å². The molecule has 1 atom stereocenters. The van der Waals surface area contributed by atoms with Gasteiger partial charge in [-0.3, -0.25) is 0 Å². The number of aryl methyl sites for hydroxylation is 1. The quantitative estimate of drug-likeness (QED) is 0.592. The summed E-state index contributed by atoms with van der Waals surface area (Å²) in [6.45, 7) is 12.7. The lowest BCUT2D eigenvalue weighted by Gasteiger charge is -2.14. The third-order valence-electron chi connectivity index (χ3n) is 2.98. The van der Waals surface area contributed by atoms with Gasteiger partial charge in [0.1, 0.15) is 0 Å². The lowest BCUT2D eigenvalue weighted by atomic mass is 9.90. The summed E-state index contributed by atoms with van der Waals surface area (Å²) in [6.07, 6.45) is 2.65. The topological polar surface area (TPSA) is 0 Å². The van der Waals surface area contributed by atoms with Crippen molar-refractivity contribution in [2.75, 3.05) is 0 Å². The minimum atomic E-state index is 0.800. The second-order valence-electron chi connectivity index (χ2n) is 4.09. The van der Waals surface area contributed by atoms with Crippen LogP contribution in [0.2, 0.25) is 0 Å². The molecule has 0 amide bonds. The Labute approximate surface area is 102 Å². The molecule has 0 heteroatoms. The Bertz CT molecular complexity index is 273. The molecule has 0 nitrogen and oxygen atoms in total. The van der Waals surface area contributed by atoms with Gasteiger partial charge in [-0.05, 0) is 35.8 Å². The van der Waals surface area contributed by atoms with E-state index in [1.165, 1.54) is 12.8 Å². The fraction of sp³-hybridized carbons (Fsp3) is 0.625. The fourth-order valence-corrected chi connectivity index (χ4v) is 2.28. The maximum atomic E-state index is 2.33. The summed E-state index contributed by atoms with van der Waals surface area (Å²) >= 11 is 0. The zero-order valence-electron chi connectivity index (χ0n) is 11.9. The summed E-state index contributed by atoms with van der Waals surface area (Å²) in [7, 11) is 0.